The molecule has 0 aliphatic rings. The predicted octanol–water partition coefficient (Wildman–Crippen LogP) is 5.82. The van der Waals surface area contributed by atoms with Gasteiger partial charge in [0.05, 0.1) is 11.6 Å². The van der Waals surface area contributed by atoms with E-state index in [1.165, 1.54) is 18.3 Å². The van der Waals surface area contributed by atoms with Crippen LogP contribution in [0.15, 0.2) is 109 Å². The molecular weight excluding hydrogens is 556 g/mol. The van der Waals surface area contributed by atoms with Gasteiger partial charge in [-0.3, -0.25) is 19.2 Å². The second-order valence-electron chi connectivity index (χ2n) is 9.55. The van der Waals surface area contributed by atoms with Gasteiger partial charge >= 0.3 is 11.9 Å². The van der Waals surface area contributed by atoms with E-state index in [9.17, 15) is 19.2 Å². The average Bonchev–Trinajstić information content (AvgIpc) is 3.02. The Morgan fingerprint density at radius 3 is 2.02 bits per heavy atom. The number of rotatable bonds is 13. The van der Waals surface area contributed by atoms with E-state index in [4.69, 9.17) is 21.1 Å². The van der Waals surface area contributed by atoms with E-state index in [1.54, 1.807) is 60.7 Å². The van der Waals surface area contributed by atoms with Gasteiger partial charge in [-0.2, -0.15) is 5.10 Å². The summed E-state index contributed by atoms with van der Waals surface area (Å²) < 4.78 is 11.8. The highest BCUT2D eigenvalue weighted by Gasteiger charge is 2.50. The zero-order valence-electron chi connectivity index (χ0n) is 22.8. The van der Waals surface area contributed by atoms with Crippen LogP contribution in [0, 0.1) is 5.41 Å². The third kappa shape index (κ3) is 6.72. The molecule has 0 aliphatic carbocycles. The summed E-state index contributed by atoms with van der Waals surface area (Å²) in [4.78, 5) is 53.7. The monoisotopic (exact) mass is 584 g/mol. The van der Waals surface area contributed by atoms with Crippen molar-refractivity contribution in [2.24, 2.45) is 5.41 Å². The summed E-state index contributed by atoms with van der Waals surface area (Å²) in [6.45, 7) is 6.58. The smallest absolute Gasteiger partial charge is 0.324 e. The van der Waals surface area contributed by atoms with Crippen molar-refractivity contribution < 1.29 is 23.9 Å². The number of benzene rings is 3. The molecule has 8 nitrogen and oxygen atoms in total. The summed E-state index contributed by atoms with van der Waals surface area (Å²) in [6.07, 6.45) is 3.40. The van der Waals surface area contributed by atoms with Gasteiger partial charge in [-0.25, -0.2) is 4.68 Å². The molecule has 4 aromatic rings. The first-order valence-electron chi connectivity index (χ1n) is 13.2. The van der Waals surface area contributed by atoms with Crippen molar-refractivity contribution in [3.05, 3.63) is 125 Å². The van der Waals surface area contributed by atoms with Gasteiger partial charge in [0.2, 0.25) is 0 Å². The Labute approximate surface area is 247 Å². The molecular formula is C33H29ClN2O6. The highest BCUT2D eigenvalue weighted by molar-refractivity contribution is 6.30. The number of carbonyl (C=O) groups is 3. The Morgan fingerprint density at radius 1 is 0.857 bits per heavy atom. The Bertz CT molecular complexity index is 1650. The number of ketones is 1. The minimum Gasteiger partial charge on any atom is -0.461 e. The normalized spacial score (nSPS) is 11.1. The second-order valence-corrected chi connectivity index (χ2v) is 9.99. The third-order valence-electron chi connectivity index (χ3n) is 6.81. The molecule has 0 saturated heterocycles. The average molecular weight is 585 g/mol. The Hall–Kier alpha value is -4.82. The number of halogens is 1. The number of carbonyl (C=O) groups excluding carboxylic acids is 3. The molecule has 0 fully saturated rings. The van der Waals surface area contributed by atoms with Crippen molar-refractivity contribution in [1.29, 1.82) is 0 Å². The second kappa shape index (κ2) is 13.7. The van der Waals surface area contributed by atoms with Crippen molar-refractivity contribution in [2.75, 3.05) is 13.2 Å². The van der Waals surface area contributed by atoms with E-state index in [0.29, 0.717) is 15.8 Å². The number of hydrogen-bond acceptors (Lipinski definition) is 7. The first kappa shape index (κ1) is 30.1. The zero-order chi connectivity index (χ0) is 30.1. The minimum absolute atomic E-state index is 0.154. The standard InChI is InChI=1S/C33H29ClN2O6/c1-3-19-41-31(39)33(32(40)42-20-4-2,17-18-36-30(38)28-8-6-5-7-26(28)22-35-36)21-29(37)25-11-9-23(10-12-25)24-13-15-27(34)16-14-24/h3-16,22H,1-2,17-21H2. The minimum atomic E-state index is -2.06. The van der Waals surface area contributed by atoms with Gasteiger partial charge in [-0.1, -0.05) is 91.5 Å². The predicted molar refractivity (Wildman–Crippen MR) is 161 cm³/mol. The SMILES string of the molecule is C=CCOC(=O)C(CCn1ncc2ccccc2c1=O)(CC(=O)c1ccc(-c2ccc(Cl)cc2)cc1)C(=O)OCC=C. The van der Waals surface area contributed by atoms with Crippen LogP contribution in [0.25, 0.3) is 21.9 Å². The fraction of sp³-hybridized carbons (Fsp3) is 0.182. The zero-order valence-corrected chi connectivity index (χ0v) is 23.6. The van der Waals surface area contributed by atoms with Crippen molar-refractivity contribution in [3.8, 4) is 11.1 Å². The largest absolute Gasteiger partial charge is 0.461 e. The van der Waals surface area contributed by atoms with Gasteiger partial charge in [0, 0.05) is 28.9 Å². The summed E-state index contributed by atoms with van der Waals surface area (Å²) in [5.74, 6) is -2.41. The molecule has 4 rings (SSSR count). The lowest BCUT2D eigenvalue weighted by Crippen LogP contribution is -2.45. The highest BCUT2D eigenvalue weighted by Crippen LogP contribution is 2.34. The quantitative estimate of drug-likeness (QED) is 0.0843. The summed E-state index contributed by atoms with van der Waals surface area (Å²) in [5, 5.41) is 5.89. The molecule has 0 bridgehead atoms. The Morgan fingerprint density at radius 2 is 1.43 bits per heavy atom. The molecule has 0 amide bonds. The van der Waals surface area contributed by atoms with Crippen LogP contribution in [0.1, 0.15) is 23.2 Å². The maximum Gasteiger partial charge on any atom is 0.324 e. The van der Waals surface area contributed by atoms with E-state index in [1.807, 2.05) is 12.1 Å². The van der Waals surface area contributed by atoms with Crippen molar-refractivity contribution in [2.45, 2.75) is 19.4 Å². The van der Waals surface area contributed by atoms with E-state index in [-0.39, 0.29) is 31.7 Å². The van der Waals surface area contributed by atoms with E-state index in [2.05, 4.69) is 18.3 Å². The summed E-state index contributed by atoms with van der Waals surface area (Å²) in [5.41, 5.74) is -0.421. The number of hydrogen-bond donors (Lipinski definition) is 0. The molecule has 1 heterocycles. The molecule has 9 heteroatoms. The lowest BCUT2D eigenvalue weighted by molar-refractivity contribution is -0.172. The topological polar surface area (TPSA) is 105 Å². The number of esters is 2. The maximum atomic E-state index is 13.6. The van der Waals surface area contributed by atoms with Crippen LogP contribution in [0.2, 0.25) is 5.02 Å². The van der Waals surface area contributed by atoms with Crippen LogP contribution >= 0.6 is 11.6 Å². The number of fused-ring (bicyclic) bond motifs is 1. The lowest BCUT2D eigenvalue weighted by Gasteiger charge is -2.28. The summed E-state index contributed by atoms with van der Waals surface area (Å²) >= 11 is 5.99. The van der Waals surface area contributed by atoms with E-state index >= 15 is 0 Å². The molecule has 3 aromatic carbocycles. The number of ether oxygens (including phenoxy) is 2. The van der Waals surface area contributed by atoms with Crippen molar-refractivity contribution >= 4 is 40.1 Å². The fourth-order valence-electron chi connectivity index (χ4n) is 4.52. The van der Waals surface area contributed by atoms with Gasteiger partial charge < -0.3 is 9.47 Å². The third-order valence-corrected chi connectivity index (χ3v) is 7.06. The molecule has 0 N–H and O–H groups in total. The molecule has 214 valence electrons. The van der Waals surface area contributed by atoms with Crippen LogP contribution < -0.4 is 5.56 Å². The Balaban J connectivity index is 1.68. The molecule has 0 spiro atoms. The van der Waals surface area contributed by atoms with Crippen LogP contribution in [0.5, 0.6) is 0 Å². The molecule has 1 aromatic heterocycles. The van der Waals surface area contributed by atoms with Crippen LogP contribution in [-0.4, -0.2) is 40.7 Å². The van der Waals surface area contributed by atoms with Crippen molar-refractivity contribution in [3.63, 3.8) is 0 Å². The van der Waals surface area contributed by atoms with Crippen LogP contribution in [0.3, 0.4) is 0 Å². The molecule has 42 heavy (non-hydrogen) atoms. The van der Waals surface area contributed by atoms with Gasteiger partial charge in [0.1, 0.15) is 13.2 Å². The van der Waals surface area contributed by atoms with Gasteiger partial charge in [0.15, 0.2) is 11.2 Å². The molecule has 0 atom stereocenters. The first-order valence-corrected chi connectivity index (χ1v) is 13.6. The summed E-state index contributed by atoms with van der Waals surface area (Å²) in [6, 6.07) is 21.0. The van der Waals surface area contributed by atoms with Crippen molar-refractivity contribution in [1.82, 2.24) is 9.78 Å². The van der Waals surface area contributed by atoms with E-state index < -0.39 is 35.1 Å². The van der Waals surface area contributed by atoms with Crippen LogP contribution in [-0.2, 0) is 25.6 Å². The number of aromatic nitrogens is 2. The number of nitrogens with zero attached hydrogens (tertiary/aromatic N) is 2. The first-order chi connectivity index (χ1) is 20.3. The molecule has 0 aliphatic heterocycles. The highest BCUT2D eigenvalue weighted by atomic mass is 35.5. The summed E-state index contributed by atoms with van der Waals surface area (Å²) in [7, 11) is 0. The maximum absolute atomic E-state index is 13.6. The number of Topliss-reactive ketones (excluding diaryl/α,β-unsaturated/α-hetero) is 1. The van der Waals surface area contributed by atoms with E-state index in [0.717, 1.165) is 15.8 Å². The molecule has 0 saturated carbocycles. The van der Waals surface area contributed by atoms with Gasteiger partial charge in [0.25, 0.3) is 5.56 Å². The lowest BCUT2D eigenvalue weighted by atomic mass is 9.78. The number of aryl methyl sites for hydroxylation is 1. The Kier molecular flexibility index (Phi) is 9.83. The van der Waals surface area contributed by atoms with Crippen LogP contribution in [0.4, 0.5) is 0 Å². The van der Waals surface area contributed by atoms with Gasteiger partial charge in [-0.05, 0) is 35.7 Å². The van der Waals surface area contributed by atoms with Gasteiger partial charge in [-0.15, -0.1) is 0 Å². The molecule has 0 unspecified atom stereocenters. The molecule has 0 radical (unpaired) electrons. The fourth-order valence-corrected chi connectivity index (χ4v) is 4.64.